The van der Waals surface area contributed by atoms with Crippen molar-refractivity contribution in [1.82, 2.24) is 4.90 Å². The van der Waals surface area contributed by atoms with E-state index in [4.69, 9.17) is 5.73 Å². The number of rotatable bonds is 4. The third-order valence-corrected chi connectivity index (χ3v) is 5.76. The van der Waals surface area contributed by atoms with Crippen LogP contribution in [0.4, 0.5) is 0 Å². The number of halogens is 1. The molecule has 0 bridgehead atoms. The van der Waals surface area contributed by atoms with Crippen LogP contribution in [0.25, 0.3) is 0 Å². The molecule has 1 aromatic carbocycles. The summed E-state index contributed by atoms with van der Waals surface area (Å²) in [6.07, 6.45) is 5.13. The molecule has 2 N–H and O–H groups in total. The summed E-state index contributed by atoms with van der Waals surface area (Å²) in [7, 11) is 0. The number of amides is 1. The van der Waals surface area contributed by atoms with Crippen molar-refractivity contribution in [3.05, 3.63) is 32.9 Å². The third-order valence-electron chi connectivity index (χ3n) is 4.33. The molecule has 21 heavy (non-hydrogen) atoms. The summed E-state index contributed by atoms with van der Waals surface area (Å²) in [5, 5.41) is 0. The quantitative estimate of drug-likeness (QED) is 0.784. The fraction of sp³-hybridized carbons (Fsp3) is 0.588. The largest absolute Gasteiger partial charge is 0.336 e. The minimum atomic E-state index is 0.186. The lowest BCUT2D eigenvalue weighted by Gasteiger charge is -2.36. The van der Waals surface area contributed by atoms with Gasteiger partial charge >= 0.3 is 0 Å². The molecule has 1 aliphatic rings. The number of hydrogen-bond acceptors (Lipinski definition) is 2. The molecule has 1 amide bonds. The maximum atomic E-state index is 13.0. The Morgan fingerprint density at radius 1 is 1.33 bits per heavy atom. The zero-order valence-electron chi connectivity index (χ0n) is 12.9. The topological polar surface area (TPSA) is 46.3 Å². The van der Waals surface area contributed by atoms with Crippen LogP contribution in [0.3, 0.4) is 0 Å². The average Bonchev–Trinajstić information content (AvgIpc) is 2.48. The minimum Gasteiger partial charge on any atom is -0.336 e. The Kier molecular flexibility index (Phi) is 6.05. The van der Waals surface area contributed by atoms with Crippen LogP contribution in [-0.2, 0) is 0 Å². The summed E-state index contributed by atoms with van der Waals surface area (Å²) in [5.41, 5.74) is 8.01. The smallest absolute Gasteiger partial charge is 0.255 e. The van der Waals surface area contributed by atoms with Crippen molar-refractivity contribution in [3.8, 4) is 0 Å². The van der Waals surface area contributed by atoms with E-state index in [9.17, 15) is 4.79 Å². The lowest BCUT2D eigenvalue weighted by atomic mass is 9.90. The van der Waals surface area contributed by atoms with E-state index in [2.05, 4.69) is 47.4 Å². The second-order valence-corrected chi connectivity index (χ2v) is 7.08. The predicted molar refractivity (Wildman–Crippen MR) is 95.5 cm³/mol. The molecule has 2 rings (SSSR count). The average molecular weight is 400 g/mol. The Morgan fingerprint density at radius 2 is 2.00 bits per heavy atom. The molecular weight excluding hydrogens is 375 g/mol. The number of carbonyl (C=O) groups is 1. The third kappa shape index (κ3) is 3.97. The van der Waals surface area contributed by atoms with Crippen LogP contribution < -0.4 is 5.73 Å². The van der Waals surface area contributed by atoms with E-state index in [1.54, 1.807) is 0 Å². The number of aryl methyl sites for hydroxylation is 1. The number of nitrogens with zero attached hydrogens (tertiary/aromatic N) is 1. The Bertz CT molecular complexity index is 496. The summed E-state index contributed by atoms with van der Waals surface area (Å²) in [6.45, 7) is 5.03. The van der Waals surface area contributed by atoms with Crippen LogP contribution in [0.1, 0.15) is 54.9 Å². The molecule has 0 atom stereocenters. The first-order chi connectivity index (χ1) is 10.0. The van der Waals surface area contributed by atoms with Crippen molar-refractivity contribution in [1.29, 1.82) is 0 Å². The molecule has 0 aliphatic heterocycles. The highest BCUT2D eigenvalue weighted by Crippen LogP contribution is 2.26. The lowest BCUT2D eigenvalue weighted by Crippen LogP contribution is -2.44. The molecule has 0 aromatic heterocycles. The molecule has 3 nitrogen and oxygen atoms in total. The van der Waals surface area contributed by atoms with Crippen LogP contribution in [0.5, 0.6) is 0 Å². The molecule has 0 spiro atoms. The van der Waals surface area contributed by atoms with Gasteiger partial charge in [-0.1, -0.05) is 19.1 Å². The molecule has 0 unspecified atom stereocenters. The summed E-state index contributed by atoms with van der Waals surface area (Å²) in [4.78, 5) is 15.1. The molecular formula is C17H25IN2O. The fourth-order valence-electron chi connectivity index (χ4n) is 3.07. The zero-order valence-corrected chi connectivity index (χ0v) is 15.1. The highest BCUT2D eigenvalue weighted by atomic mass is 127. The van der Waals surface area contributed by atoms with Gasteiger partial charge in [0.05, 0.1) is 5.56 Å². The van der Waals surface area contributed by atoms with E-state index < -0.39 is 0 Å². The van der Waals surface area contributed by atoms with Crippen molar-refractivity contribution in [2.75, 3.05) is 6.54 Å². The Hall–Kier alpha value is -0.620. The van der Waals surface area contributed by atoms with E-state index in [1.807, 2.05) is 12.1 Å². The van der Waals surface area contributed by atoms with E-state index in [0.717, 1.165) is 47.8 Å². The Labute approximate surface area is 141 Å². The van der Waals surface area contributed by atoms with Crippen molar-refractivity contribution in [2.24, 2.45) is 5.73 Å². The predicted octanol–water partition coefficient (Wildman–Crippen LogP) is 3.72. The molecule has 1 aromatic rings. The molecule has 0 saturated heterocycles. The summed E-state index contributed by atoms with van der Waals surface area (Å²) in [6, 6.07) is 6.66. The first-order valence-corrected chi connectivity index (χ1v) is 8.94. The van der Waals surface area contributed by atoms with Crippen LogP contribution in [-0.4, -0.2) is 29.4 Å². The van der Waals surface area contributed by atoms with E-state index >= 15 is 0 Å². The van der Waals surface area contributed by atoms with Gasteiger partial charge in [-0.2, -0.15) is 0 Å². The molecule has 1 saturated carbocycles. The van der Waals surface area contributed by atoms with Crippen molar-refractivity contribution in [3.63, 3.8) is 0 Å². The van der Waals surface area contributed by atoms with Crippen molar-refractivity contribution >= 4 is 28.5 Å². The molecule has 116 valence electrons. The van der Waals surface area contributed by atoms with Gasteiger partial charge in [0.1, 0.15) is 0 Å². The van der Waals surface area contributed by atoms with E-state index in [1.165, 1.54) is 5.56 Å². The normalized spacial score (nSPS) is 22.1. The van der Waals surface area contributed by atoms with Gasteiger partial charge < -0.3 is 10.6 Å². The van der Waals surface area contributed by atoms with Crippen molar-refractivity contribution in [2.45, 2.75) is 58.0 Å². The summed E-state index contributed by atoms with van der Waals surface area (Å²) >= 11 is 2.29. The van der Waals surface area contributed by atoms with Gasteiger partial charge in [0.2, 0.25) is 0 Å². The van der Waals surface area contributed by atoms with Crippen LogP contribution in [0, 0.1) is 10.5 Å². The monoisotopic (exact) mass is 400 g/mol. The van der Waals surface area contributed by atoms with Crippen LogP contribution >= 0.6 is 22.6 Å². The van der Waals surface area contributed by atoms with Crippen LogP contribution in [0.15, 0.2) is 18.2 Å². The van der Waals surface area contributed by atoms with E-state index in [0.29, 0.717) is 12.1 Å². The first-order valence-electron chi connectivity index (χ1n) is 7.86. The van der Waals surface area contributed by atoms with Gasteiger partial charge in [0.15, 0.2) is 0 Å². The van der Waals surface area contributed by atoms with Gasteiger partial charge in [-0.15, -0.1) is 0 Å². The van der Waals surface area contributed by atoms with Gasteiger partial charge in [-0.25, -0.2) is 0 Å². The standard InChI is InChI=1S/C17H25IN2O/c1-3-11-20(14-9-7-13(19)8-10-14)17(21)15-6-4-5-12(2)16(15)18/h4-6,13-14H,3,7-11,19H2,1-2H3. The Morgan fingerprint density at radius 3 is 2.62 bits per heavy atom. The second kappa shape index (κ2) is 7.58. The minimum absolute atomic E-state index is 0.186. The number of nitrogens with two attached hydrogens (primary N) is 1. The maximum absolute atomic E-state index is 13.0. The molecule has 0 radical (unpaired) electrons. The molecule has 1 fully saturated rings. The molecule has 1 aliphatic carbocycles. The van der Waals surface area contributed by atoms with Gasteiger partial charge in [0, 0.05) is 22.2 Å². The highest BCUT2D eigenvalue weighted by Gasteiger charge is 2.28. The zero-order chi connectivity index (χ0) is 15.4. The van der Waals surface area contributed by atoms with Crippen molar-refractivity contribution < 1.29 is 4.79 Å². The summed E-state index contributed by atoms with van der Waals surface area (Å²) in [5.74, 6) is 0.186. The van der Waals surface area contributed by atoms with Gasteiger partial charge in [0.25, 0.3) is 5.91 Å². The Balaban J connectivity index is 2.21. The summed E-state index contributed by atoms with van der Waals surface area (Å²) < 4.78 is 1.08. The van der Waals surface area contributed by atoms with Gasteiger partial charge in [-0.05, 0) is 73.2 Å². The van der Waals surface area contributed by atoms with Crippen LogP contribution in [0.2, 0.25) is 0 Å². The number of benzene rings is 1. The lowest BCUT2D eigenvalue weighted by molar-refractivity contribution is 0.0625. The fourth-order valence-corrected chi connectivity index (χ4v) is 3.66. The highest BCUT2D eigenvalue weighted by molar-refractivity contribution is 14.1. The molecule has 4 heteroatoms. The SMILES string of the molecule is CCCN(C(=O)c1cccc(C)c1I)C1CCC(N)CC1. The second-order valence-electron chi connectivity index (χ2n) is 6.00. The number of hydrogen-bond donors (Lipinski definition) is 1. The van der Waals surface area contributed by atoms with Gasteiger partial charge in [-0.3, -0.25) is 4.79 Å². The first kappa shape index (κ1) is 16.7. The molecule has 0 heterocycles. The van der Waals surface area contributed by atoms with E-state index in [-0.39, 0.29) is 5.91 Å². The number of carbonyl (C=O) groups excluding carboxylic acids is 1. The maximum Gasteiger partial charge on any atom is 0.255 e.